The number of aromatic hydroxyl groups is 1. The van der Waals surface area contributed by atoms with Gasteiger partial charge in [0, 0.05) is 27.7 Å². The molecule has 2 aliphatic heterocycles. The maximum absolute atomic E-state index is 15.5. The van der Waals surface area contributed by atoms with Crippen molar-refractivity contribution in [3.8, 4) is 5.75 Å². The van der Waals surface area contributed by atoms with Gasteiger partial charge in [0.15, 0.2) is 5.82 Å². The number of carbonyl (C=O) groups is 4. The number of benzene rings is 4. The summed E-state index contributed by atoms with van der Waals surface area (Å²) >= 11 is 18.8. The molecule has 57 heavy (non-hydrogen) atoms. The normalized spacial score (nSPS) is 25.7. The largest absolute Gasteiger partial charge is 0.508 e. The molecule has 2 N–H and O–H groups in total. The summed E-state index contributed by atoms with van der Waals surface area (Å²) in [5.41, 5.74) is 1.27. The lowest BCUT2D eigenvalue weighted by molar-refractivity contribution is -0.139. The highest BCUT2D eigenvalue weighted by molar-refractivity contribution is 6.33. The van der Waals surface area contributed by atoms with Crippen molar-refractivity contribution in [2.24, 2.45) is 23.7 Å². The first kappa shape index (κ1) is 37.2. The van der Waals surface area contributed by atoms with E-state index in [1.54, 1.807) is 66.7 Å². The summed E-state index contributed by atoms with van der Waals surface area (Å²) in [4.78, 5) is 64.2. The summed E-state index contributed by atoms with van der Waals surface area (Å²) in [6.07, 6.45) is -2.33. The number of aromatic nitrogens is 1. The quantitative estimate of drug-likeness (QED) is 0.134. The topological polar surface area (TPSA) is 120 Å². The molecule has 9 rings (SSSR count). The number of halogens is 6. The molecule has 1 aromatic heterocycles. The minimum Gasteiger partial charge on any atom is -0.508 e. The molecule has 15 heteroatoms. The van der Waals surface area contributed by atoms with Gasteiger partial charge in [-0.05, 0) is 83.6 Å². The second-order valence-corrected chi connectivity index (χ2v) is 15.9. The number of imide groups is 2. The lowest BCUT2D eigenvalue weighted by Gasteiger charge is -2.51. The molecule has 4 amide bonds. The fourth-order valence-corrected chi connectivity index (χ4v) is 9.99. The van der Waals surface area contributed by atoms with E-state index >= 15 is 9.59 Å². The van der Waals surface area contributed by atoms with Crippen LogP contribution >= 0.6 is 34.8 Å². The van der Waals surface area contributed by atoms with Crippen molar-refractivity contribution in [3.05, 3.63) is 141 Å². The molecule has 0 spiro atoms. The zero-order valence-corrected chi connectivity index (χ0v) is 31.6. The maximum Gasteiger partial charge on any atom is 0.417 e. The molecule has 9 nitrogen and oxygen atoms in total. The molecule has 6 atom stereocenters. The van der Waals surface area contributed by atoms with E-state index < -0.39 is 75.4 Å². The molecule has 4 aliphatic rings. The minimum absolute atomic E-state index is 0.0813. The number of amides is 4. The Kier molecular flexibility index (Phi) is 8.69. The second kappa shape index (κ2) is 13.3. The standard InChI is InChI=1S/C42H28Cl3F3N4O5/c43-23-8-6-21(7-9-23)41-30(38(55)52(40(41)57)50-36-31(45)17-22(19-49-36)42(46,47)48)18-29-27(35(41)34-26-4-2-1-3-20(26)5-16-32(34)53)14-15-28-33(29)39(56)51(37(28)54)25-12-10-24(44)11-13-25/h1-14,16-17,19,28-30,33,35,53H,15,18H2,(H,49,50)/t28-,29+,30-,33-,35+,41+/m0/s1. The van der Waals surface area contributed by atoms with Crippen LogP contribution in [-0.2, 0) is 30.8 Å². The molecule has 0 bridgehead atoms. The van der Waals surface area contributed by atoms with Gasteiger partial charge in [0.05, 0.1) is 39.4 Å². The van der Waals surface area contributed by atoms with Gasteiger partial charge in [0.1, 0.15) is 5.75 Å². The van der Waals surface area contributed by atoms with Crippen LogP contribution < -0.4 is 10.3 Å². The Balaban J connectivity index is 1.27. The molecule has 0 radical (unpaired) electrons. The highest BCUT2D eigenvalue weighted by Crippen LogP contribution is 2.65. The first-order chi connectivity index (χ1) is 27.2. The minimum atomic E-state index is -4.76. The number of phenolic OH excluding ortho intramolecular Hbond substituents is 1. The van der Waals surface area contributed by atoms with Crippen molar-refractivity contribution >= 4 is 80.7 Å². The smallest absolute Gasteiger partial charge is 0.417 e. The van der Waals surface area contributed by atoms with E-state index in [-0.39, 0.29) is 24.4 Å². The predicted molar refractivity (Wildman–Crippen MR) is 206 cm³/mol. The third-order valence-electron chi connectivity index (χ3n) is 11.9. The van der Waals surface area contributed by atoms with Crippen molar-refractivity contribution in [2.75, 3.05) is 10.3 Å². The Morgan fingerprint density at radius 2 is 1.51 bits per heavy atom. The number of allylic oxidation sites excluding steroid dienone is 2. The van der Waals surface area contributed by atoms with Gasteiger partial charge >= 0.3 is 6.18 Å². The summed E-state index contributed by atoms with van der Waals surface area (Å²) in [6.45, 7) is 0. The van der Waals surface area contributed by atoms with Gasteiger partial charge in [-0.1, -0.05) is 88.9 Å². The molecule has 4 aromatic carbocycles. The fraction of sp³-hybridized carbons (Fsp3) is 0.214. The second-order valence-electron chi connectivity index (χ2n) is 14.6. The van der Waals surface area contributed by atoms with Crippen LogP contribution in [0.15, 0.2) is 109 Å². The number of fused-ring (bicyclic) bond motifs is 5. The highest BCUT2D eigenvalue weighted by Gasteiger charge is 2.71. The first-order valence-corrected chi connectivity index (χ1v) is 19.0. The summed E-state index contributed by atoms with van der Waals surface area (Å²) in [6, 6.07) is 23.8. The zero-order chi connectivity index (χ0) is 40.1. The van der Waals surface area contributed by atoms with Crippen LogP contribution in [0, 0.1) is 23.7 Å². The third kappa shape index (κ3) is 5.55. The van der Waals surface area contributed by atoms with Crippen molar-refractivity contribution < 1.29 is 37.5 Å². The van der Waals surface area contributed by atoms with Gasteiger partial charge in [-0.25, -0.2) is 4.98 Å². The van der Waals surface area contributed by atoms with E-state index in [1.165, 1.54) is 6.07 Å². The number of phenols is 1. The Morgan fingerprint density at radius 1 is 0.825 bits per heavy atom. The average Bonchev–Trinajstić information content (AvgIpc) is 3.56. The summed E-state index contributed by atoms with van der Waals surface area (Å²) in [5, 5.41) is 14.2. The van der Waals surface area contributed by atoms with Crippen LogP contribution in [0.5, 0.6) is 5.75 Å². The first-order valence-electron chi connectivity index (χ1n) is 17.9. The van der Waals surface area contributed by atoms with E-state index in [1.807, 2.05) is 18.2 Å². The molecule has 5 aromatic rings. The molecule has 0 unspecified atom stereocenters. The Morgan fingerprint density at radius 3 is 2.19 bits per heavy atom. The van der Waals surface area contributed by atoms with E-state index in [0.717, 1.165) is 10.3 Å². The van der Waals surface area contributed by atoms with Gasteiger partial charge in [0.2, 0.25) is 11.8 Å². The maximum atomic E-state index is 15.5. The summed E-state index contributed by atoms with van der Waals surface area (Å²) in [5.74, 6) is -7.87. The molecule has 2 saturated heterocycles. The number of hydrazine groups is 1. The molecular weight excluding hydrogens is 804 g/mol. The van der Waals surface area contributed by atoms with Gasteiger partial charge in [-0.2, -0.15) is 18.2 Å². The SMILES string of the molecule is O=C1[C@@H]2C[C@@H]3C(=CC[C@@H]4C(=O)N(c5ccc(Cl)cc5)C(=O)[C@@H]43)[C@H](c3c(O)ccc4ccccc34)[C@]2(c2ccc(Cl)cc2)C(=O)N1Nc1ncc(C(F)(F)F)cc1Cl. The van der Waals surface area contributed by atoms with Gasteiger partial charge in [-0.15, -0.1) is 0 Å². The number of hydrogen-bond acceptors (Lipinski definition) is 7. The van der Waals surface area contributed by atoms with E-state index in [2.05, 4.69) is 10.4 Å². The highest BCUT2D eigenvalue weighted by atomic mass is 35.5. The van der Waals surface area contributed by atoms with Crippen LogP contribution in [0.4, 0.5) is 24.7 Å². The number of hydrogen-bond donors (Lipinski definition) is 2. The number of alkyl halides is 3. The van der Waals surface area contributed by atoms with Crippen LogP contribution in [0.2, 0.25) is 15.1 Å². The van der Waals surface area contributed by atoms with Crippen LogP contribution in [0.3, 0.4) is 0 Å². The Hall–Kier alpha value is -5.43. The number of anilines is 2. The summed E-state index contributed by atoms with van der Waals surface area (Å²) < 4.78 is 40.6. The summed E-state index contributed by atoms with van der Waals surface area (Å²) in [7, 11) is 0. The molecule has 1 saturated carbocycles. The van der Waals surface area contributed by atoms with E-state index in [0.29, 0.717) is 55.1 Å². The Bertz CT molecular complexity index is 2590. The van der Waals surface area contributed by atoms with Crippen LogP contribution in [0.1, 0.15) is 35.4 Å². The number of rotatable bonds is 5. The van der Waals surface area contributed by atoms with Gasteiger partial charge in [-0.3, -0.25) is 29.5 Å². The van der Waals surface area contributed by atoms with Crippen molar-refractivity contribution in [2.45, 2.75) is 30.4 Å². The van der Waals surface area contributed by atoms with Crippen molar-refractivity contribution in [1.82, 2.24) is 9.99 Å². The molecular formula is C42H28Cl3F3N4O5. The fourth-order valence-electron chi connectivity index (χ4n) is 9.53. The lowest BCUT2D eigenvalue weighted by atomic mass is 9.48. The molecule has 3 heterocycles. The van der Waals surface area contributed by atoms with Crippen molar-refractivity contribution in [1.29, 1.82) is 0 Å². The molecule has 3 fully saturated rings. The van der Waals surface area contributed by atoms with Crippen LogP contribution in [0.25, 0.3) is 10.8 Å². The van der Waals surface area contributed by atoms with Crippen molar-refractivity contribution in [3.63, 3.8) is 0 Å². The third-order valence-corrected chi connectivity index (χ3v) is 12.7. The van der Waals surface area contributed by atoms with Gasteiger partial charge < -0.3 is 5.11 Å². The van der Waals surface area contributed by atoms with E-state index in [9.17, 15) is 27.9 Å². The van der Waals surface area contributed by atoms with Gasteiger partial charge in [0.25, 0.3) is 11.8 Å². The number of nitrogens with one attached hydrogen (secondary N) is 1. The predicted octanol–water partition coefficient (Wildman–Crippen LogP) is 9.11. The molecule has 2 aliphatic carbocycles. The van der Waals surface area contributed by atoms with E-state index in [4.69, 9.17) is 34.8 Å². The molecule has 288 valence electrons. The Labute approximate surface area is 337 Å². The number of carbonyl (C=O) groups excluding carboxylic acids is 4. The number of pyridine rings is 1. The lowest BCUT2D eigenvalue weighted by Crippen LogP contribution is -2.53. The average molecular weight is 832 g/mol. The van der Waals surface area contributed by atoms with Crippen LogP contribution in [-0.4, -0.2) is 38.7 Å². The monoisotopic (exact) mass is 830 g/mol. The number of nitrogens with zero attached hydrogens (tertiary/aromatic N) is 3. The zero-order valence-electron chi connectivity index (χ0n) is 29.3.